The van der Waals surface area contributed by atoms with E-state index in [1.54, 1.807) is 25.1 Å². The average molecular weight is 756 g/mol. The van der Waals surface area contributed by atoms with Crippen LogP contribution in [0.4, 0.5) is 4.79 Å². The number of benzene rings is 1. The molecule has 3 aliphatic rings. The molecule has 50 heavy (non-hydrogen) atoms. The number of aryl methyl sites for hydroxylation is 1. The summed E-state index contributed by atoms with van der Waals surface area (Å²) in [6, 6.07) is 2.68. The zero-order chi connectivity index (χ0) is 36.5. The Bertz CT molecular complexity index is 1760. The highest BCUT2D eigenvalue weighted by Gasteiger charge is 2.62. The lowest BCUT2D eigenvalue weighted by Gasteiger charge is -2.31. The fourth-order valence-electron chi connectivity index (χ4n) is 7.00. The maximum absolute atomic E-state index is 14.3. The van der Waals surface area contributed by atoms with Crippen molar-refractivity contribution >= 4 is 55.4 Å². The smallest absolute Gasteiger partial charge is 0.408 e. The number of amides is 3. The van der Waals surface area contributed by atoms with E-state index >= 15 is 0 Å². The third-order valence-corrected chi connectivity index (χ3v) is 10.3. The van der Waals surface area contributed by atoms with E-state index in [1.807, 2.05) is 13.8 Å². The molecular formula is C36H43BrN4O9. The Kier molecular flexibility index (Phi) is 10.6. The molecule has 2 aromatic rings. The molecule has 0 bridgehead atoms. The van der Waals surface area contributed by atoms with Crippen LogP contribution in [0.1, 0.15) is 68.4 Å². The molecule has 5 rings (SSSR count). The number of rotatable bonds is 12. The summed E-state index contributed by atoms with van der Waals surface area (Å²) in [7, 11) is 2.77. The summed E-state index contributed by atoms with van der Waals surface area (Å²) in [6.07, 6.45) is 3.68. The molecule has 3 amide bonds. The van der Waals surface area contributed by atoms with Crippen molar-refractivity contribution in [2.75, 3.05) is 20.8 Å². The molecule has 1 aromatic carbocycles. The van der Waals surface area contributed by atoms with Crippen LogP contribution in [0.5, 0.6) is 11.5 Å². The molecule has 1 aliphatic heterocycles. The summed E-state index contributed by atoms with van der Waals surface area (Å²) in [5.74, 6) is -1.29. The van der Waals surface area contributed by atoms with Crippen molar-refractivity contribution in [2.45, 2.75) is 88.6 Å². The molecule has 2 heterocycles. The molecule has 3 fully saturated rings. The number of alkyl carbamates (subject to hydrolysis) is 1. The second-order valence-corrected chi connectivity index (χ2v) is 14.2. The highest BCUT2D eigenvalue weighted by molar-refractivity contribution is 9.18. The molecule has 13 nitrogen and oxygen atoms in total. The number of pyridine rings is 1. The standard InChI is InChI=1S/C36H43BrN4O9/c1-8-21-17-36(21,33(45)48-7)40-31(43)25-15-22(49-27-16-24(30(37)42)38-29-20(4)26(47-6)12-11-23(27)29)18-41(25)32(44)28(19(2)3)39-34(46)50-35(5)13-9-10-14-35/h8,11-12,16,21-22,25,28H,1-2,9-10,13-15,17-18H2,3-7H3,(H,39,46)(H,40,43)/t21-,22-,25+,28+,36-/m1/s1. The van der Waals surface area contributed by atoms with Gasteiger partial charge in [0.2, 0.25) is 16.5 Å². The van der Waals surface area contributed by atoms with E-state index < -0.39 is 57.9 Å². The van der Waals surface area contributed by atoms with E-state index in [9.17, 15) is 24.0 Å². The predicted molar refractivity (Wildman–Crippen MR) is 187 cm³/mol. The normalized spacial score (nSPS) is 24.1. The van der Waals surface area contributed by atoms with Crippen molar-refractivity contribution in [2.24, 2.45) is 5.92 Å². The van der Waals surface area contributed by atoms with E-state index in [0.29, 0.717) is 52.8 Å². The van der Waals surface area contributed by atoms with E-state index in [4.69, 9.17) is 18.9 Å². The van der Waals surface area contributed by atoms with Gasteiger partial charge in [0.1, 0.15) is 46.5 Å². The molecular weight excluding hydrogens is 712 g/mol. The number of fused-ring (bicyclic) bond motifs is 1. The van der Waals surface area contributed by atoms with Gasteiger partial charge in [-0.3, -0.25) is 14.4 Å². The lowest BCUT2D eigenvalue weighted by Crippen LogP contribution is -2.57. The molecule has 0 unspecified atom stereocenters. The van der Waals surface area contributed by atoms with Crippen LogP contribution in [0, 0.1) is 12.8 Å². The molecule has 0 radical (unpaired) electrons. The highest BCUT2D eigenvalue weighted by atomic mass is 79.9. The first-order valence-corrected chi connectivity index (χ1v) is 17.3. The van der Waals surface area contributed by atoms with Gasteiger partial charge in [0.15, 0.2) is 0 Å². The van der Waals surface area contributed by atoms with E-state index in [2.05, 4.69) is 44.7 Å². The predicted octanol–water partition coefficient (Wildman–Crippen LogP) is 4.67. The number of esters is 1. The Morgan fingerprint density at radius 2 is 1.84 bits per heavy atom. The first kappa shape index (κ1) is 36.8. The van der Waals surface area contributed by atoms with Crippen LogP contribution in [0.2, 0.25) is 0 Å². The van der Waals surface area contributed by atoms with Gasteiger partial charge >= 0.3 is 12.1 Å². The topological polar surface area (TPSA) is 162 Å². The Hall–Kier alpha value is -4.46. The number of likely N-dealkylation sites (tertiary alicyclic amines) is 1. The van der Waals surface area contributed by atoms with E-state index in [0.717, 1.165) is 12.8 Å². The number of nitrogens with zero attached hydrogens (tertiary/aromatic N) is 2. The molecule has 2 aliphatic carbocycles. The number of methoxy groups -OCH3 is 2. The molecule has 5 atom stereocenters. The van der Waals surface area contributed by atoms with Crippen molar-refractivity contribution < 1.29 is 42.9 Å². The first-order chi connectivity index (χ1) is 23.7. The maximum atomic E-state index is 14.3. The zero-order valence-corrected chi connectivity index (χ0v) is 30.5. The van der Waals surface area contributed by atoms with Gasteiger partial charge in [-0.1, -0.05) is 12.7 Å². The number of aromatic nitrogens is 1. The van der Waals surface area contributed by atoms with Crippen molar-refractivity contribution in [1.29, 1.82) is 0 Å². The number of carbonyl (C=O) groups is 5. The maximum Gasteiger partial charge on any atom is 0.408 e. The number of nitrogens with one attached hydrogen (secondary N) is 2. The number of hydrogen-bond acceptors (Lipinski definition) is 10. The van der Waals surface area contributed by atoms with Gasteiger partial charge in [-0.25, -0.2) is 14.6 Å². The van der Waals surface area contributed by atoms with Gasteiger partial charge < -0.3 is 34.5 Å². The minimum atomic E-state index is -1.31. The Morgan fingerprint density at radius 3 is 2.42 bits per heavy atom. The van der Waals surface area contributed by atoms with Gasteiger partial charge in [0.05, 0.1) is 26.3 Å². The Labute approximate surface area is 299 Å². The fraction of sp³-hybridized carbons (Fsp3) is 0.500. The Balaban J connectivity index is 1.47. The van der Waals surface area contributed by atoms with Crippen LogP contribution in [0.3, 0.4) is 0 Å². The summed E-state index contributed by atoms with van der Waals surface area (Å²) in [4.78, 5) is 72.4. The van der Waals surface area contributed by atoms with Crippen LogP contribution < -0.4 is 20.1 Å². The second kappa shape index (κ2) is 14.4. The van der Waals surface area contributed by atoms with Gasteiger partial charge in [-0.05, 0) is 86.5 Å². The zero-order valence-electron chi connectivity index (χ0n) is 28.9. The van der Waals surface area contributed by atoms with Crippen molar-refractivity contribution in [3.63, 3.8) is 0 Å². The van der Waals surface area contributed by atoms with Gasteiger partial charge in [-0.2, -0.15) is 0 Å². The first-order valence-electron chi connectivity index (χ1n) is 16.5. The van der Waals surface area contributed by atoms with Crippen LogP contribution in [0.15, 0.2) is 43.0 Å². The summed E-state index contributed by atoms with van der Waals surface area (Å²) >= 11 is 2.98. The molecule has 0 spiro atoms. The van der Waals surface area contributed by atoms with Crippen molar-refractivity contribution in [3.05, 3.63) is 54.3 Å². The van der Waals surface area contributed by atoms with Gasteiger partial charge in [0.25, 0.3) is 0 Å². The minimum Gasteiger partial charge on any atom is -0.496 e. The number of ether oxygens (including phenoxy) is 4. The van der Waals surface area contributed by atoms with Crippen molar-refractivity contribution in [1.82, 2.24) is 20.5 Å². The van der Waals surface area contributed by atoms with Crippen molar-refractivity contribution in [3.8, 4) is 11.5 Å². The highest BCUT2D eigenvalue weighted by Crippen LogP contribution is 2.46. The minimum absolute atomic E-state index is 0.0234. The molecule has 14 heteroatoms. The van der Waals surface area contributed by atoms with E-state index in [1.165, 1.54) is 25.2 Å². The van der Waals surface area contributed by atoms with Gasteiger partial charge in [-0.15, -0.1) is 6.58 Å². The SMILES string of the molecule is C=C[C@@H]1C[C@]1(NC(=O)[C@@H]1C[C@@H](Oc2cc(C(=O)Br)nc3c(C)c(OC)ccc23)CN1C(=O)[C@@H](NC(=O)OC1(C)CCCC1)C(=C)C)C(=O)OC. The largest absolute Gasteiger partial charge is 0.496 e. The number of hydrogen-bond donors (Lipinski definition) is 2. The molecule has 1 saturated heterocycles. The monoisotopic (exact) mass is 754 g/mol. The molecule has 2 N–H and O–H groups in total. The van der Waals surface area contributed by atoms with Crippen LogP contribution in [-0.2, 0) is 23.9 Å². The van der Waals surface area contributed by atoms with Crippen LogP contribution in [0.25, 0.3) is 10.9 Å². The number of carbonyl (C=O) groups excluding carboxylic acids is 5. The summed E-state index contributed by atoms with van der Waals surface area (Å²) in [6.45, 7) is 12.9. The third-order valence-electron chi connectivity index (χ3n) is 9.91. The Morgan fingerprint density at radius 1 is 1.14 bits per heavy atom. The third kappa shape index (κ3) is 7.21. The second-order valence-electron chi connectivity index (χ2n) is 13.5. The lowest BCUT2D eigenvalue weighted by molar-refractivity contribution is -0.148. The lowest BCUT2D eigenvalue weighted by atomic mass is 10.1. The van der Waals surface area contributed by atoms with Gasteiger partial charge in [0, 0.05) is 29.4 Å². The fourth-order valence-corrected chi connectivity index (χ4v) is 7.20. The number of halogens is 1. The van der Waals surface area contributed by atoms with Crippen LogP contribution in [-0.4, -0.2) is 88.5 Å². The molecule has 2 saturated carbocycles. The molecule has 268 valence electrons. The summed E-state index contributed by atoms with van der Waals surface area (Å²) in [5.41, 5.74) is -0.354. The summed E-state index contributed by atoms with van der Waals surface area (Å²) in [5, 5.41) is 6.07. The summed E-state index contributed by atoms with van der Waals surface area (Å²) < 4.78 is 22.2. The average Bonchev–Trinajstić information content (AvgIpc) is 3.36. The van der Waals surface area contributed by atoms with Crippen LogP contribution >= 0.6 is 15.9 Å². The quantitative estimate of drug-likeness (QED) is 0.177. The molecule has 1 aromatic heterocycles. The van der Waals surface area contributed by atoms with E-state index in [-0.39, 0.29) is 24.6 Å².